The molecule has 9 rings (SSSR count). The maximum atomic E-state index is 2.43. The lowest BCUT2D eigenvalue weighted by atomic mass is 9.33. The van der Waals surface area contributed by atoms with Gasteiger partial charge in [-0.15, -0.1) is 0 Å². The van der Waals surface area contributed by atoms with Crippen LogP contribution in [0.2, 0.25) is 0 Å². The van der Waals surface area contributed by atoms with Crippen molar-refractivity contribution in [3.05, 3.63) is 146 Å². The van der Waals surface area contributed by atoms with Crippen molar-refractivity contribution in [1.82, 2.24) is 0 Å². The predicted molar refractivity (Wildman–Crippen MR) is 190 cm³/mol. The number of anilines is 7. The minimum atomic E-state index is 0.115. The molecule has 0 bridgehead atoms. The van der Waals surface area contributed by atoms with Gasteiger partial charge in [-0.05, 0) is 86.5 Å². The first-order chi connectivity index (χ1) is 21.7. The first-order valence-electron chi connectivity index (χ1n) is 15.3. The van der Waals surface area contributed by atoms with Gasteiger partial charge < -0.3 is 14.7 Å². The highest BCUT2D eigenvalue weighted by Gasteiger charge is 2.42. The van der Waals surface area contributed by atoms with Gasteiger partial charge in [-0.3, -0.25) is 0 Å². The molecule has 7 aromatic carbocycles. The lowest BCUT2D eigenvalue weighted by Crippen LogP contribution is -2.61. The number of hydrogen-bond acceptors (Lipinski definition) is 3. The van der Waals surface area contributed by atoms with Gasteiger partial charge >= 0.3 is 0 Å². The van der Waals surface area contributed by atoms with Gasteiger partial charge in [0, 0.05) is 48.2 Å². The second kappa shape index (κ2) is 9.52. The maximum Gasteiger partial charge on any atom is 0.252 e. The Morgan fingerprint density at radius 3 is 1.64 bits per heavy atom. The van der Waals surface area contributed by atoms with E-state index in [2.05, 4.69) is 174 Å². The minimum absolute atomic E-state index is 0.115. The van der Waals surface area contributed by atoms with Crippen molar-refractivity contribution < 1.29 is 0 Å². The molecule has 7 aromatic rings. The minimum Gasteiger partial charge on any atom is -0.345 e. The number of hydrogen-bond donors (Lipinski definition) is 0. The lowest BCUT2D eigenvalue weighted by molar-refractivity contribution is 1.17. The van der Waals surface area contributed by atoms with Crippen LogP contribution in [0.4, 0.5) is 39.8 Å². The Morgan fingerprint density at radius 2 is 0.977 bits per heavy atom. The van der Waals surface area contributed by atoms with Gasteiger partial charge in [0.15, 0.2) is 0 Å². The average Bonchev–Trinajstić information content (AvgIpc) is 3.08. The first kappa shape index (κ1) is 25.1. The van der Waals surface area contributed by atoms with Gasteiger partial charge in [-0.25, -0.2) is 0 Å². The SMILES string of the molecule is CN1c2cc3ccccc3cc2B2c3c1cc(N(c1ccccc1)c1ccccc1)cc3N(C)c1ccc3ccccc3c12. The molecule has 208 valence electrons. The molecule has 0 amide bonds. The molecule has 0 unspecified atom stereocenters. The van der Waals surface area contributed by atoms with Crippen molar-refractivity contribution in [2.24, 2.45) is 0 Å². The van der Waals surface area contributed by atoms with E-state index in [0.29, 0.717) is 0 Å². The summed E-state index contributed by atoms with van der Waals surface area (Å²) in [6, 6.07) is 53.2. The van der Waals surface area contributed by atoms with Crippen molar-refractivity contribution in [1.29, 1.82) is 0 Å². The van der Waals surface area contributed by atoms with Crippen LogP contribution in [0.5, 0.6) is 0 Å². The third-order valence-corrected chi connectivity index (χ3v) is 9.58. The standard InChI is InChI=1S/C40H30BN3/c1-42-35-22-21-27-13-11-12-20-33(27)39(35)41-34-23-28-14-9-10-15-29(28)24-36(34)43(2)38-26-32(25-37(42)40(38)41)44(30-16-5-3-6-17-30)31-18-7-4-8-19-31/h3-26H,1-2H3. The molecule has 0 spiro atoms. The zero-order valence-corrected chi connectivity index (χ0v) is 24.8. The molecule has 0 saturated carbocycles. The van der Waals surface area contributed by atoms with Gasteiger partial charge in [0.05, 0.1) is 5.69 Å². The van der Waals surface area contributed by atoms with Crippen molar-refractivity contribution in [2.45, 2.75) is 0 Å². The summed E-state index contributed by atoms with van der Waals surface area (Å²) >= 11 is 0. The molecule has 3 nitrogen and oxygen atoms in total. The fourth-order valence-corrected chi connectivity index (χ4v) is 7.55. The quantitative estimate of drug-likeness (QED) is 0.201. The Balaban J connectivity index is 1.37. The van der Waals surface area contributed by atoms with Crippen molar-refractivity contribution >= 4 is 84.5 Å². The smallest absolute Gasteiger partial charge is 0.252 e. The van der Waals surface area contributed by atoms with E-state index in [0.717, 1.165) is 17.1 Å². The molecule has 2 aliphatic rings. The summed E-state index contributed by atoms with van der Waals surface area (Å²) in [5.41, 5.74) is 12.5. The molecule has 0 fully saturated rings. The van der Waals surface area contributed by atoms with Gasteiger partial charge in [0.2, 0.25) is 0 Å². The highest BCUT2D eigenvalue weighted by atomic mass is 15.2. The number of rotatable bonds is 3. The molecule has 0 radical (unpaired) electrons. The summed E-state index contributed by atoms with van der Waals surface area (Å²) in [6.45, 7) is 0.115. The zero-order valence-electron chi connectivity index (χ0n) is 24.8. The summed E-state index contributed by atoms with van der Waals surface area (Å²) in [5.74, 6) is 0. The molecule has 0 atom stereocenters. The van der Waals surface area contributed by atoms with Crippen LogP contribution < -0.4 is 31.1 Å². The van der Waals surface area contributed by atoms with Crippen LogP contribution in [0.3, 0.4) is 0 Å². The van der Waals surface area contributed by atoms with E-state index in [-0.39, 0.29) is 6.71 Å². The monoisotopic (exact) mass is 563 g/mol. The highest BCUT2D eigenvalue weighted by molar-refractivity contribution is 7.01. The molecule has 0 aromatic heterocycles. The van der Waals surface area contributed by atoms with Crippen LogP contribution in [0.15, 0.2) is 146 Å². The van der Waals surface area contributed by atoms with Gasteiger partial charge in [-0.2, -0.15) is 0 Å². The van der Waals surface area contributed by atoms with Gasteiger partial charge in [0.25, 0.3) is 6.71 Å². The topological polar surface area (TPSA) is 9.72 Å². The molecular weight excluding hydrogens is 533 g/mol. The van der Waals surface area contributed by atoms with Crippen molar-refractivity contribution in [3.8, 4) is 0 Å². The lowest BCUT2D eigenvalue weighted by Gasteiger charge is -2.43. The Labute approximate surface area is 258 Å². The molecular formula is C40H30BN3. The Hall–Kier alpha value is -5.48. The van der Waals surface area contributed by atoms with Crippen LogP contribution in [-0.4, -0.2) is 20.8 Å². The summed E-state index contributed by atoms with van der Waals surface area (Å²) in [7, 11) is 4.46. The molecule has 4 heteroatoms. The molecule has 44 heavy (non-hydrogen) atoms. The fourth-order valence-electron chi connectivity index (χ4n) is 7.55. The van der Waals surface area contributed by atoms with E-state index in [1.807, 2.05) is 0 Å². The molecule has 0 aliphatic carbocycles. The number of fused-ring (bicyclic) bond motifs is 7. The molecule has 2 heterocycles. The van der Waals surface area contributed by atoms with Crippen LogP contribution in [-0.2, 0) is 0 Å². The summed E-state index contributed by atoms with van der Waals surface area (Å²) in [6.07, 6.45) is 0. The average molecular weight is 564 g/mol. The summed E-state index contributed by atoms with van der Waals surface area (Å²) < 4.78 is 0. The molecule has 0 N–H and O–H groups in total. The van der Waals surface area contributed by atoms with Gasteiger partial charge in [-0.1, -0.05) is 97.1 Å². The van der Waals surface area contributed by atoms with Gasteiger partial charge in [0.1, 0.15) is 0 Å². The number of nitrogens with zero attached hydrogens (tertiary/aromatic N) is 3. The van der Waals surface area contributed by atoms with Crippen molar-refractivity contribution in [3.63, 3.8) is 0 Å². The van der Waals surface area contributed by atoms with Crippen molar-refractivity contribution in [2.75, 3.05) is 28.8 Å². The molecule has 2 aliphatic heterocycles. The van der Waals surface area contributed by atoms with E-state index < -0.39 is 0 Å². The number of para-hydroxylation sites is 2. The van der Waals surface area contributed by atoms with E-state index in [4.69, 9.17) is 0 Å². The summed E-state index contributed by atoms with van der Waals surface area (Å²) in [5, 5.41) is 5.14. The highest BCUT2D eigenvalue weighted by Crippen LogP contribution is 2.44. The normalized spacial score (nSPS) is 13.1. The Bertz CT molecular complexity index is 2190. The van der Waals surface area contributed by atoms with E-state index in [1.165, 1.54) is 60.7 Å². The second-order valence-corrected chi connectivity index (χ2v) is 11.9. The van der Waals surface area contributed by atoms with E-state index in [1.54, 1.807) is 0 Å². The van der Waals surface area contributed by atoms with Crippen LogP contribution >= 0.6 is 0 Å². The maximum absolute atomic E-state index is 2.43. The Morgan fingerprint density at radius 1 is 0.432 bits per heavy atom. The Kier molecular flexibility index (Phi) is 5.42. The summed E-state index contributed by atoms with van der Waals surface area (Å²) in [4.78, 5) is 7.20. The third-order valence-electron chi connectivity index (χ3n) is 9.58. The third kappa shape index (κ3) is 3.58. The fraction of sp³-hybridized carbons (Fsp3) is 0.0500. The van der Waals surface area contributed by atoms with Crippen LogP contribution in [0, 0.1) is 0 Å². The molecule has 0 saturated heterocycles. The van der Waals surface area contributed by atoms with Crippen LogP contribution in [0.25, 0.3) is 21.5 Å². The van der Waals surface area contributed by atoms with E-state index in [9.17, 15) is 0 Å². The number of benzene rings is 7. The predicted octanol–water partition coefficient (Wildman–Crippen LogP) is 8.14. The van der Waals surface area contributed by atoms with E-state index >= 15 is 0 Å². The largest absolute Gasteiger partial charge is 0.345 e. The first-order valence-corrected chi connectivity index (χ1v) is 15.3. The van der Waals surface area contributed by atoms with Crippen LogP contribution in [0.1, 0.15) is 0 Å². The second-order valence-electron chi connectivity index (χ2n) is 11.9. The zero-order chi connectivity index (χ0) is 29.4.